The summed E-state index contributed by atoms with van der Waals surface area (Å²) >= 11 is 0. The number of nitrogens with two attached hydrogens (primary N) is 1. The molecule has 0 unspecified atom stereocenters. The zero-order valence-corrected chi connectivity index (χ0v) is 11.3. The second-order valence-corrected chi connectivity index (χ2v) is 4.37. The van der Waals surface area contributed by atoms with E-state index in [0.29, 0.717) is 17.2 Å². The molecule has 0 aliphatic carbocycles. The lowest BCUT2D eigenvalue weighted by Crippen LogP contribution is -2.01. The predicted octanol–water partition coefficient (Wildman–Crippen LogP) is 2.62. The highest BCUT2D eigenvalue weighted by Crippen LogP contribution is 2.34. The van der Waals surface area contributed by atoms with E-state index in [4.69, 9.17) is 15.2 Å². The van der Waals surface area contributed by atoms with Crippen molar-refractivity contribution in [3.05, 3.63) is 42.7 Å². The number of ether oxygens (including phenoxy) is 2. The van der Waals surface area contributed by atoms with Gasteiger partial charge in [0.15, 0.2) is 11.5 Å². The molecule has 0 saturated heterocycles. The van der Waals surface area contributed by atoms with Gasteiger partial charge in [0.1, 0.15) is 6.33 Å². The third kappa shape index (κ3) is 1.84. The highest BCUT2D eigenvalue weighted by Gasteiger charge is 2.12. The molecule has 0 aliphatic rings. The fraction of sp³-hybridized carbons (Fsp3) is 0.133. The second-order valence-electron chi connectivity index (χ2n) is 4.37. The van der Waals surface area contributed by atoms with Crippen LogP contribution in [0.3, 0.4) is 0 Å². The van der Waals surface area contributed by atoms with Crippen molar-refractivity contribution in [3.63, 3.8) is 0 Å². The van der Waals surface area contributed by atoms with Crippen LogP contribution in [0.15, 0.2) is 42.7 Å². The van der Waals surface area contributed by atoms with Crippen LogP contribution in [0.1, 0.15) is 0 Å². The fourth-order valence-electron chi connectivity index (χ4n) is 2.24. The number of hydrogen-bond donors (Lipinski definition) is 1. The van der Waals surface area contributed by atoms with Gasteiger partial charge in [0, 0.05) is 12.1 Å². The lowest BCUT2D eigenvalue weighted by Gasteiger charge is -2.13. The third-order valence-electron chi connectivity index (χ3n) is 3.25. The number of methoxy groups -OCH3 is 2. The molecule has 0 radical (unpaired) electrons. The summed E-state index contributed by atoms with van der Waals surface area (Å²) in [5, 5.41) is 0. The summed E-state index contributed by atoms with van der Waals surface area (Å²) in [5.74, 6) is 1.24. The van der Waals surface area contributed by atoms with E-state index in [-0.39, 0.29) is 0 Å². The number of benzene rings is 2. The van der Waals surface area contributed by atoms with Gasteiger partial charge in [-0.25, -0.2) is 4.98 Å². The number of nitrogen functional groups attached to an aromatic ring is 1. The topological polar surface area (TPSA) is 62.3 Å². The molecule has 20 heavy (non-hydrogen) atoms. The molecule has 0 fully saturated rings. The first-order chi connectivity index (χ1) is 9.74. The Labute approximate surface area is 116 Å². The lowest BCUT2D eigenvalue weighted by molar-refractivity contribution is 0.355. The van der Waals surface area contributed by atoms with E-state index in [0.717, 1.165) is 16.7 Å². The Morgan fingerprint density at radius 3 is 2.50 bits per heavy atom. The first kappa shape index (κ1) is 12.3. The van der Waals surface area contributed by atoms with Crippen molar-refractivity contribution in [2.75, 3.05) is 20.0 Å². The van der Waals surface area contributed by atoms with Gasteiger partial charge in [0.05, 0.1) is 36.6 Å². The van der Waals surface area contributed by atoms with Crippen LogP contribution in [0.5, 0.6) is 11.5 Å². The van der Waals surface area contributed by atoms with Crippen LogP contribution in [0.2, 0.25) is 0 Å². The Hall–Kier alpha value is -2.69. The standard InChI is InChI=1S/C15H15N3O2/c1-19-14-7-10(16)13(8-15(14)20-2)18-9-17-11-5-3-4-6-12(11)18/h3-9H,16H2,1-2H3. The normalized spacial score (nSPS) is 10.7. The Balaban J connectivity index is 2.24. The van der Waals surface area contributed by atoms with E-state index in [2.05, 4.69) is 4.98 Å². The maximum absolute atomic E-state index is 6.12. The summed E-state index contributed by atoms with van der Waals surface area (Å²) in [6.45, 7) is 0. The molecular weight excluding hydrogens is 254 g/mol. The number of anilines is 1. The summed E-state index contributed by atoms with van der Waals surface area (Å²) in [7, 11) is 3.19. The van der Waals surface area contributed by atoms with Gasteiger partial charge in [-0.1, -0.05) is 12.1 Å². The van der Waals surface area contributed by atoms with E-state index < -0.39 is 0 Å². The molecular formula is C15H15N3O2. The first-order valence-electron chi connectivity index (χ1n) is 6.18. The molecule has 3 aromatic rings. The number of fused-ring (bicyclic) bond motifs is 1. The molecule has 0 atom stereocenters. The van der Waals surface area contributed by atoms with Crippen molar-refractivity contribution in [1.29, 1.82) is 0 Å². The summed E-state index contributed by atoms with van der Waals surface area (Å²) in [5.41, 5.74) is 9.45. The monoisotopic (exact) mass is 269 g/mol. The number of para-hydroxylation sites is 2. The number of nitrogens with zero attached hydrogens (tertiary/aromatic N) is 2. The van der Waals surface area contributed by atoms with Gasteiger partial charge in [0.25, 0.3) is 0 Å². The van der Waals surface area contributed by atoms with E-state index in [1.165, 1.54) is 0 Å². The van der Waals surface area contributed by atoms with Crippen LogP contribution in [0.4, 0.5) is 5.69 Å². The largest absolute Gasteiger partial charge is 0.493 e. The molecule has 5 nitrogen and oxygen atoms in total. The van der Waals surface area contributed by atoms with Gasteiger partial charge >= 0.3 is 0 Å². The number of rotatable bonds is 3. The molecule has 1 aromatic heterocycles. The van der Waals surface area contributed by atoms with Crippen LogP contribution >= 0.6 is 0 Å². The molecule has 1 heterocycles. The average Bonchev–Trinajstić information content (AvgIpc) is 2.90. The molecule has 2 N–H and O–H groups in total. The molecule has 0 bridgehead atoms. The van der Waals surface area contributed by atoms with E-state index in [9.17, 15) is 0 Å². The second kappa shape index (κ2) is 4.77. The highest BCUT2D eigenvalue weighted by molar-refractivity contribution is 5.79. The number of imidazole rings is 1. The van der Waals surface area contributed by atoms with Crippen molar-refractivity contribution in [2.24, 2.45) is 0 Å². The van der Waals surface area contributed by atoms with Crippen molar-refractivity contribution in [1.82, 2.24) is 9.55 Å². The van der Waals surface area contributed by atoms with Crippen LogP contribution in [-0.4, -0.2) is 23.8 Å². The minimum Gasteiger partial charge on any atom is -0.493 e. The zero-order valence-electron chi connectivity index (χ0n) is 11.3. The molecule has 0 saturated carbocycles. The maximum Gasteiger partial charge on any atom is 0.162 e. The van der Waals surface area contributed by atoms with Crippen LogP contribution in [0, 0.1) is 0 Å². The minimum absolute atomic E-state index is 0.603. The summed E-state index contributed by atoms with van der Waals surface area (Å²) in [4.78, 5) is 4.37. The Morgan fingerprint density at radius 2 is 1.75 bits per heavy atom. The van der Waals surface area contributed by atoms with Gasteiger partial charge in [0.2, 0.25) is 0 Å². The van der Waals surface area contributed by atoms with Crippen molar-refractivity contribution >= 4 is 16.7 Å². The van der Waals surface area contributed by atoms with Crippen molar-refractivity contribution in [2.45, 2.75) is 0 Å². The number of hydrogen-bond acceptors (Lipinski definition) is 4. The summed E-state index contributed by atoms with van der Waals surface area (Å²) < 4.78 is 12.5. The van der Waals surface area contributed by atoms with Crippen LogP contribution < -0.4 is 15.2 Å². The third-order valence-corrected chi connectivity index (χ3v) is 3.25. The lowest BCUT2D eigenvalue weighted by atomic mass is 10.2. The first-order valence-corrected chi connectivity index (χ1v) is 6.18. The zero-order chi connectivity index (χ0) is 14.1. The SMILES string of the molecule is COc1cc(N)c(-n2cnc3ccccc32)cc1OC. The average molecular weight is 269 g/mol. The molecule has 2 aromatic carbocycles. The van der Waals surface area contributed by atoms with Crippen LogP contribution in [0.25, 0.3) is 16.7 Å². The van der Waals surface area contributed by atoms with E-state index in [1.807, 2.05) is 34.9 Å². The molecule has 0 aliphatic heterocycles. The van der Waals surface area contributed by atoms with Gasteiger partial charge in [-0.3, -0.25) is 4.57 Å². The summed E-state index contributed by atoms with van der Waals surface area (Å²) in [6, 6.07) is 11.5. The van der Waals surface area contributed by atoms with Gasteiger partial charge in [-0.15, -0.1) is 0 Å². The highest BCUT2D eigenvalue weighted by atomic mass is 16.5. The minimum atomic E-state index is 0.603. The smallest absolute Gasteiger partial charge is 0.162 e. The molecule has 5 heteroatoms. The predicted molar refractivity (Wildman–Crippen MR) is 78.6 cm³/mol. The van der Waals surface area contributed by atoms with E-state index >= 15 is 0 Å². The van der Waals surface area contributed by atoms with Crippen molar-refractivity contribution < 1.29 is 9.47 Å². The van der Waals surface area contributed by atoms with Crippen LogP contribution in [-0.2, 0) is 0 Å². The Bertz CT molecular complexity index is 765. The fourth-order valence-corrected chi connectivity index (χ4v) is 2.24. The van der Waals surface area contributed by atoms with Gasteiger partial charge in [-0.2, -0.15) is 0 Å². The molecule has 0 amide bonds. The molecule has 0 spiro atoms. The Kier molecular flexibility index (Phi) is 2.95. The summed E-state index contributed by atoms with van der Waals surface area (Å²) in [6.07, 6.45) is 1.75. The Morgan fingerprint density at radius 1 is 1.05 bits per heavy atom. The molecule has 3 rings (SSSR count). The quantitative estimate of drug-likeness (QED) is 0.742. The van der Waals surface area contributed by atoms with Crippen molar-refractivity contribution in [3.8, 4) is 17.2 Å². The maximum atomic E-state index is 6.12. The number of aromatic nitrogens is 2. The molecule has 102 valence electrons. The van der Waals surface area contributed by atoms with E-state index in [1.54, 1.807) is 26.6 Å². The van der Waals surface area contributed by atoms with Gasteiger partial charge < -0.3 is 15.2 Å². The van der Waals surface area contributed by atoms with Gasteiger partial charge in [-0.05, 0) is 12.1 Å².